The summed E-state index contributed by atoms with van der Waals surface area (Å²) in [5, 5.41) is 14.7. The number of hydrogen-bond donors (Lipinski definition) is 1. The van der Waals surface area contributed by atoms with Gasteiger partial charge in [0.15, 0.2) is 15.4 Å². The molecule has 0 radical (unpaired) electrons. The molecule has 0 fully saturated rings. The van der Waals surface area contributed by atoms with Crippen LogP contribution in [0.3, 0.4) is 0 Å². The van der Waals surface area contributed by atoms with Gasteiger partial charge in [0.25, 0.3) is 0 Å². The highest BCUT2D eigenvalue weighted by atomic mass is 32.2. The van der Waals surface area contributed by atoms with E-state index in [1.165, 1.54) is 23.8 Å². The first-order valence-electron chi connectivity index (χ1n) is 11.4. The van der Waals surface area contributed by atoms with Gasteiger partial charge in [-0.05, 0) is 50.6 Å². The lowest BCUT2D eigenvalue weighted by atomic mass is 10.00. The summed E-state index contributed by atoms with van der Waals surface area (Å²) in [5.41, 5.74) is 4.01. The molecule has 0 aliphatic carbocycles. The number of fused-ring (bicyclic) bond motifs is 3. The second-order valence-electron chi connectivity index (χ2n) is 8.92. The van der Waals surface area contributed by atoms with Crippen molar-refractivity contribution in [2.45, 2.75) is 38.3 Å². The molecule has 1 atom stereocenters. The molecule has 0 saturated heterocycles. The van der Waals surface area contributed by atoms with Gasteiger partial charge >= 0.3 is 5.76 Å². The number of pyridine rings is 1. The molecule has 2 aromatic carbocycles. The molecule has 0 saturated carbocycles. The standard InChI is InChI=1S/C26H25N3O7S/c1-13-23(15(3)36-28-13)19-10-20-18(11-22(19)34-4)24-25(21(12-30)27-20)35-26(31)29(24)14(2)16-7-6-8-17(9-16)37(5,32)33/h6-11,14,30H,12H2,1-5H3/t14-/m1/s1. The van der Waals surface area contributed by atoms with E-state index in [9.17, 15) is 18.3 Å². The fourth-order valence-corrected chi connectivity index (χ4v) is 5.40. The highest BCUT2D eigenvalue weighted by Gasteiger charge is 2.25. The zero-order valence-corrected chi connectivity index (χ0v) is 21.7. The van der Waals surface area contributed by atoms with Gasteiger partial charge in [-0.25, -0.2) is 18.2 Å². The number of nitrogens with zero attached hydrogens (tertiary/aromatic N) is 3. The van der Waals surface area contributed by atoms with E-state index in [-0.39, 0.29) is 16.2 Å². The second-order valence-corrected chi connectivity index (χ2v) is 10.9. The number of benzene rings is 2. The zero-order chi connectivity index (χ0) is 26.6. The van der Waals surface area contributed by atoms with Crippen LogP contribution in [0.25, 0.3) is 33.1 Å². The van der Waals surface area contributed by atoms with Crippen molar-refractivity contribution >= 4 is 31.8 Å². The lowest BCUT2D eigenvalue weighted by Crippen LogP contribution is -2.19. The summed E-state index contributed by atoms with van der Waals surface area (Å²) in [5.74, 6) is 0.455. The Labute approximate surface area is 212 Å². The van der Waals surface area contributed by atoms with Crippen molar-refractivity contribution in [2.24, 2.45) is 0 Å². The molecule has 5 aromatic rings. The first-order chi connectivity index (χ1) is 17.5. The smallest absolute Gasteiger partial charge is 0.420 e. The minimum absolute atomic E-state index is 0.144. The summed E-state index contributed by atoms with van der Waals surface area (Å²) in [6, 6.07) is 9.39. The third-order valence-electron chi connectivity index (χ3n) is 6.54. The Hall–Kier alpha value is -3.96. The topological polar surface area (TPSA) is 138 Å². The summed E-state index contributed by atoms with van der Waals surface area (Å²) in [4.78, 5) is 17.9. The van der Waals surface area contributed by atoms with Gasteiger partial charge in [0.05, 0.1) is 41.4 Å². The lowest BCUT2D eigenvalue weighted by Gasteiger charge is -2.16. The molecule has 0 bridgehead atoms. The molecule has 11 heteroatoms. The van der Waals surface area contributed by atoms with Crippen LogP contribution < -0.4 is 10.5 Å². The number of aliphatic hydroxyl groups is 1. The first-order valence-corrected chi connectivity index (χ1v) is 13.3. The van der Waals surface area contributed by atoms with Crippen LogP contribution in [0.1, 0.15) is 35.7 Å². The SMILES string of the molecule is COc1cc2c(cc1-c1c(C)noc1C)nc(CO)c1oc(=O)n([C@H](C)c3cccc(S(C)(=O)=O)c3)c12. The highest BCUT2D eigenvalue weighted by molar-refractivity contribution is 7.90. The molecular formula is C26H25N3O7S. The van der Waals surface area contributed by atoms with Crippen LogP contribution in [0, 0.1) is 13.8 Å². The first kappa shape index (κ1) is 24.7. The Bertz CT molecular complexity index is 1830. The van der Waals surface area contributed by atoms with Gasteiger partial charge in [-0.3, -0.25) is 4.57 Å². The Balaban J connectivity index is 1.84. The van der Waals surface area contributed by atoms with Crippen LogP contribution in [-0.4, -0.2) is 41.6 Å². The van der Waals surface area contributed by atoms with Crippen molar-refractivity contribution in [3.05, 3.63) is 69.7 Å². The molecule has 37 heavy (non-hydrogen) atoms. The van der Waals surface area contributed by atoms with E-state index in [1.54, 1.807) is 38.1 Å². The van der Waals surface area contributed by atoms with Crippen LogP contribution in [0.5, 0.6) is 5.75 Å². The van der Waals surface area contributed by atoms with Gasteiger partial charge in [0, 0.05) is 17.2 Å². The van der Waals surface area contributed by atoms with Gasteiger partial charge in [-0.1, -0.05) is 17.3 Å². The summed E-state index contributed by atoms with van der Waals surface area (Å²) >= 11 is 0. The van der Waals surface area contributed by atoms with Gasteiger partial charge in [0.2, 0.25) is 0 Å². The Morgan fingerprint density at radius 2 is 1.95 bits per heavy atom. The van der Waals surface area contributed by atoms with Crippen molar-refractivity contribution < 1.29 is 27.2 Å². The molecule has 0 aliphatic rings. The molecular weight excluding hydrogens is 498 g/mol. The molecule has 1 N–H and O–H groups in total. The van der Waals surface area contributed by atoms with Crippen LogP contribution >= 0.6 is 0 Å². The molecule has 0 unspecified atom stereocenters. The summed E-state index contributed by atoms with van der Waals surface area (Å²) in [7, 11) is -1.91. The predicted octanol–water partition coefficient (Wildman–Crippen LogP) is 3.93. The third-order valence-corrected chi connectivity index (χ3v) is 7.65. The minimum Gasteiger partial charge on any atom is -0.496 e. The number of hydrogen-bond acceptors (Lipinski definition) is 9. The number of ether oxygens (including phenoxy) is 1. The normalized spacial score (nSPS) is 12.9. The molecule has 0 amide bonds. The zero-order valence-electron chi connectivity index (χ0n) is 20.9. The van der Waals surface area contributed by atoms with Gasteiger partial charge in [-0.2, -0.15) is 0 Å². The Morgan fingerprint density at radius 3 is 2.57 bits per heavy atom. The quantitative estimate of drug-likeness (QED) is 0.351. The van der Waals surface area contributed by atoms with Crippen molar-refractivity contribution in [3.8, 4) is 16.9 Å². The van der Waals surface area contributed by atoms with Gasteiger partial charge < -0.3 is 18.8 Å². The lowest BCUT2D eigenvalue weighted by molar-refractivity contribution is 0.277. The maximum Gasteiger partial charge on any atom is 0.420 e. The maximum atomic E-state index is 13.2. The van der Waals surface area contributed by atoms with Crippen LogP contribution in [0.15, 0.2) is 55.0 Å². The van der Waals surface area contributed by atoms with Crippen LogP contribution in [0.2, 0.25) is 0 Å². The summed E-state index contributed by atoms with van der Waals surface area (Å²) < 4.78 is 42.3. The van der Waals surface area contributed by atoms with E-state index in [0.717, 1.165) is 11.8 Å². The molecule has 10 nitrogen and oxygen atoms in total. The number of aromatic nitrogens is 3. The number of aryl methyl sites for hydroxylation is 2. The van der Waals surface area contributed by atoms with Crippen LogP contribution in [-0.2, 0) is 16.4 Å². The van der Waals surface area contributed by atoms with Crippen molar-refractivity contribution in [3.63, 3.8) is 0 Å². The number of aliphatic hydroxyl groups excluding tert-OH is 1. The van der Waals surface area contributed by atoms with Crippen molar-refractivity contribution in [1.82, 2.24) is 14.7 Å². The van der Waals surface area contributed by atoms with E-state index in [1.807, 2.05) is 6.92 Å². The van der Waals surface area contributed by atoms with Gasteiger partial charge in [-0.15, -0.1) is 0 Å². The molecule has 192 valence electrons. The molecule has 0 aliphatic heterocycles. The maximum absolute atomic E-state index is 13.2. The van der Waals surface area contributed by atoms with E-state index in [0.29, 0.717) is 44.8 Å². The van der Waals surface area contributed by atoms with E-state index in [2.05, 4.69) is 10.1 Å². The minimum atomic E-state index is -3.45. The molecule has 5 rings (SSSR count). The fraction of sp³-hybridized carbons (Fsp3) is 0.269. The molecule has 3 heterocycles. The van der Waals surface area contributed by atoms with E-state index >= 15 is 0 Å². The number of sulfone groups is 1. The average molecular weight is 524 g/mol. The summed E-state index contributed by atoms with van der Waals surface area (Å²) in [6.45, 7) is 4.95. The van der Waals surface area contributed by atoms with E-state index < -0.39 is 28.2 Å². The average Bonchev–Trinajstić information content (AvgIpc) is 3.39. The molecule has 0 spiro atoms. The number of methoxy groups -OCH3 is 1. The monoisotopic (exact) mass is 523 g/mol. The second kappa shape index (κ2) is 8.86. The molecule has 3 aromatic heterocycles. The van der Waals surface area contributed by atoms with Crippen molar-refractivity contribution in [2.75, 3.05) is 13.4 Å². The van der Waals surface area contributed by atoms with Crippen molar-refractivity contribution in [1.29, 1.82) is 0 Å². The Kier molecular flexibility index (Phi) is 5.92. The third kappa shape index (κ3) is 4.00. The summed E-state index contributed by atoms with van der Waals surface area (Å²) in [6.07, 6.45) is 1.13. The fourth-order valence-electron chi connectivity index (χ4n) is 4.72. The predicted molar refractivity (Wildman–Crippen MR) is 137 cm³/mol. The van der Waals surface area contributed by atoms with E-state index in [4.69, 9.17) is 13.7 Å². The Morgan fingerprint density at radius 1 is 1.19 bits per heavy atom. The highest BCUT2D eigenvalue weighted by Crippen LogP contribution is 2.40. The largest absolute Gasteiger partial charge is 0.496 e. The number of rotatable bonds is 6. The van der Waals surface area contributed by atoms with Gasteiger partial charge in [0.1, 0.15) is 22.7 Å². The number of oxazole rings is 1. The van der Waals surface area contributed by atoms with Crippen LogP contribution in [0.4, 0.5) is 0 Å².